The van der Waals surface area contributed by atoms with Gasteiger partial charge in [-0.25, -0.2) is 0 Å². The first-order valence-electron chi connectivity index (χ1n) is 3.68. The Labute approximate surface area is 70.6 Å². The number of aliphatic hydroxyl groups is 1. The summed E-state index contributed by atoms with van der Waals surface area (Å²) in [5.74, 6) is -2.22. The van der Waals surface area contributed by atoms with Crippen LogP contribution < -0.4 is 0 Å². The molecule has 0 aromatic rings. The standard InChI is InChI=1S/C9H10O3/c1-3-7-4-5-9(11-2)8(10,6-7)12-9/h3-6,10H,1H2,2H3. The summed E-state index contributed by atoms with van der Waals surface area (Å²) in [6.07, 6.45) is 6.72. The van der Waals surface area contributed by atoms with Gasteiger partial charge in [0.2, 0.25) is 5.79 Å². The Bertz CT molecular complexity index is 292. The van der Waals surface area contributed by atoms with E-state index in [1.807, 2.05) is 0 Å². The minimum atomic E-state index is -1.28. The van der Waals surface area contributed by atoms with E-state index in [-0.39, 0.29) is 0 Å². The summed E-state index contributed by atoms with van der Waals surface area (Å²) in [6, 6.07) is 0. The second kappa shape index (κ2) is 2.07. The van der Waals surface area contributed by atoms with Gasteiger partial charge < -0.3 is 9.84 Å². The summed E-state index contributed by atoms with van der Waals surface area (Å²) in [7, 11) is 1.50. The smallest absolute Gasteiger partial charge is 0.251 e. The molecule has 1 N–H and O–H groups in total. The number of hydrogen-bond acceptors (Lipinski definition) is 3. The molecule has 0 radical (unpaired) electrons. The van der Waals surface area contributed by atoms with Gasteiger partial charge in [-0.15, -0.1) is 0 Å². The minimum Gasteiger partial charge on any atom is -0.358 e. The van der Waals surface area contributed by atoms with Gasteiger partial charge in [0.05, 0.1) is 0 Å². The summed E-state index contributed by atoms with van der Waals surface area (Å²) < 4.78 is 10.1. The summed E-state index contributed by atoms with van der Waals surface area (Å²) in [4.78, 5) is 0. The lowest BCUT2D eigenvalue weighted by atomic mass is 10.0. The lowest BCUT2D eigenvalue weighted by molar-refractivity contribution is 0.0263. The molecule has 1 saturated heterocycles. The van der Waals surface area contributed by atoms with Crippen LogP contribution in [0.2, 0.25) is 0 Å². The van der Waals surface area contributed by atoms with E-state index in [1.165, 1.54) is 7.11 Å². The molecule has 0 spiro atoms. The molecule has 1 fully saturated rings. The lowest BCUT2D eigenvalue weighted by Crippen LogP contribution is -2.26. The van der Waals surface area contributed by atoms with E-state index < -0.39 is 11.6 Å². The van der Waals surface area contributed by atoms with E-state index in [0.29, 0.717) is 0 Å². The number of fused-ring (bicyclic) bond motifs is 1. The van der Waals surface area contributed by atoms with Crippen molar-refractivity contribution in [2.45, 2.75) is 11.6 Å². The molecule has 0 aromatic heterocycles. The Morgan fingerprint density at radius 2 is 2.50 bits per heavy atom. The largest absolute Gasteiger partial charge is 0.358 e. The predicted octanol–water partition coefficient (Wildman–Crippen LogP) is 0.730. The summed E-state index contributed by atoms with van der Waals surface area (Å²) in [6.45, 7) is 3.59. The van der Waals surface area contributed by atoms with Gasteiger partial charge >= 0.3 is 0 Å². The Morgan fingerprint density at radius 1 is 1.75 bits per heavy atom. The summed E-state index contributed by atoms with van der Waals surface area (Å²) in [5.41, 5.74) is 0.836. The van der Waals surface area contributed by atoms with E-state index in [2.05, 4.69) is 6.58 Å². The van der Waals surface area contributed by atoms with E-state index in [9.17, 15) is 5.11 Å². The predicted molar refractivity (Wildman–Crippen MR) is 43.2 cm³/mol. The third-order valence-electron chi connectivity index (χ3n) is 2.16. The van der Waals surface area contributed by atoms with Crippen molar-refractivity contribution in [2.24, 2.45) is 0 Å². The number of methoxy groups -OCH3 is 1. The third kappa shape index (κ3) is 0.756. The summed E-state index contributed by atoms with van der Waals surface area (Å²) >= 11 is 0. The Hall–Kier alpha value is -0.900. The van der Waals surface area contributed by atoms with Crippen LogP contribution in [0.3, 0.4) is 0 Å². The van der Waals surface area contributed by atoms with Crippen molar-refractivity contribution < 1.29 is 14.6 Å². The van der Waals surface area contributed by atoms with Gasteiger partial charge in [-0.2, -0.15) is 0 Å². The first kappa shape index (κ1) is 7.73. The fraction of sp³-hybridized carbons (Fsp3) is 0.333. The van der Waals surface area contributed by atoms with Crippen LogP contribution in [0.5, 0.6) is 0 Å². The van der Waals surface area contributed by atoms with Gasteiger partial charge in [-0.05, 0) is 17.7 Å². The van der Waals surface area contributed by atoms with Gasteiger partial charge in [-0.3, -0.25) is 4.74 Å². The zero-order valence-electron chi connectivity index (χ0n) is 6.78. The SMILES string of the molecule is C=CC1=CC2(O)OC2(OC)C=C1. The van der Waals surface area contributed by atoms with Crippen LogP contribution >= 0.6 is 0 Å². The molecule has 12 heavy (non-hydrogen) atoms. The molecule has 2 atom stereocenters. The molecule has 2 unspecified atom stereocenters. The lowest BCUT2D eigenvalue weighted by Gasteiger charge is -2.11. The van der Waals surface area contributed by atoms with Gasteiger partial charge in [0.25, 0.3) is 5.79 Å². The van der Waals surface area contributed by atoms with Crippen LogP contribution in [0.4, 0.5) is 0 Å². The van der Waals surface area contributed by atoms with Crippen LogP contribution in [0.15, 0.2) is 36.5 Å². The molecule has 1 heterocycles. The zero-order valence-corrected chi connectivity index (χ0v) is 6.78. The van der Waals surface area contributed by atoms with Crippen LogP contribution in [0.1, 0.15) is 0 Å². The van der Waals surface area contributed by atoms with Crippen LogP contribution in [-0.2, 0) is 9.47 Å². The van der Waals surface area contributed by atoms with Crippen molar-refractivity contribution in [3.63, 3.8) is 0 Å². The highest BCUT2D eigenvalue weighted by molar-refractivity contribution is 5.42. The molecule has 0 bridgehead atoms. The maximum atomic E-state index is 9.68. The van der Waals surface area contributed by atoms with Crippen LogP contribution in [0, 0.1) is 0 Å². The molecule has 0 saturated carbocycles. The molecule has 3 nitrogen and oxygen atoms in total. The van der Waals surface area contributed by atoms with Crippen molar-refractivity contribution >= 4 is 0 Å². The summed E-state index contributed by atoms with van der Waals surface area (Å²) in [5, 5.41) is 9.68. The quantitative estimate of drug-likeness (QED) is 0.615. The van der Waals surface area contributed by atoms with Gasteiger partial charge in [0.1, 0.15) is 0 Å². The maximum Gasteiger partial charge on any atom is 0.251 e. The Morgan fingerprint density at radius 3 is 3.00 bits per heavy atom. The van der Waals surface area contributed by atoms with E-state index in [1.54, 1.807) is 24.3 Å². The number of ether oxygens (including phenoxy) is 2. The van der Waals surface area contributed by atoms with Crippen molar-refractivity contribution in [3.05, 3.63) is 36.5 Å². The zero-order chi connectivity index (χ0) is 8.82. The second-order valence-corrected chi connectivity index (χ2v) is 2.85. The van der Waals surface area contributed by atoms with Crippen LogP contribution in [-0.4, -0.2) is 23.8 Å². The number of hydrogen-bond donors (Lipinski definition) is 1. The number of allylic oxidation sites excluding steroid dienone is 3. The van der Waals surface area contributed by atoms with E-state index in [4.69, 9.17) is 9.47 Å². The van der Waals surface area contributed by atoms with Crippen molar-refractivity contribution in [1.29, 1.82) is 0 Å². The number of rotatable bonds is 2. The molecular weight excluding hydrogens is 156 g/mol. The molecule has 0 aromatic carbocycles. The van der Waals surface area contributed by atoms with Gasteiger partial charge in [0, 0.05) is 7.11 Å². The highest BCUT2D eigenvalue weighted by Crippen LogP contribution is 2.51. The molecule has 3 heteroatoms. The Balaban J connectivity index is 2.33. The normalized spacial score (nSPS) is 43.3. The van der Waals surface area contributed by atoms with E-state index in [0.717, 1.165) is 5.57 Å². The second-order valence-electron chi connectivity index (χ2n) is 2.85. The average molecular weight is 166 g/mol. The molecule has 2 aliphatic rings. The number of epoxide rings is 1. The minimum absolute atomic E-state index is 0.836. The topological polar surface area (TPSA) is 42.0 Å². The monoisotopic (exact) mass is 166 g/mol. The molecule has 0 amide bonds. The average Bonchev–Trinajstić information content (AvgIpc) is 2.70. The highest BCUT2D eigenvalue weighted by atomic mass is 16.9. The maximum absolute atomic E-state index is 9.68. The third-order valence-corrected chi connectivity index (χ3v) is 2.16. The Kier molecular flexibility index (Phi) is 1.33. The fourth-order valence-electron chi connectivity index (χ4n) is 1.35. The van der Waals surface area contributed by atoms with Crippen molar-refractivity contribution in [3.8, 4) is 0 Å². The van der Waals surface area contributed by atoms with Crippen LogP contribution in [0.25, 0.3) is 0 Å². The van der Waals surface area contributed by atoms with Gasteiger partial charge in [-0.1, -0.05) is 18.7 Å². The van der Waals surface area contributed by atoms with Gasteiger partial charge in [0.15, 0.2) is 0 Å². The molecule has 1 aliphatic heterocycles. The molecule has 1 aliphatic carbocycles. The first-order chi connectivity index (χ1) is 5.66. The molecular formula is C9H10O3. The molecule has 2 rings (SSSR count). The van der Waals surface area contributed by atoms with Crippen molar-refractivity contribution in [2.75, 3.05) is 7.11 Å². The first-order valence-corrected chi connectivity index (χ1v) is 3.68. The highest BCUT2D eigenvalue weighted by Gasteiger charge is 2.69. The fourth-order valence-corrected chi connectivity index (χ4v) is 1.35. The van der Waals surface area contributed by atoms with E-state index >= 15 is 0 Å². The van der Waals surface area contributed by atoms with Crippen molar-refractivity contribution in [1.82, 2.24) is 0 Å². The molecule has 64 valence electrons.